The molecule has 1 atom stereocenters. The summed E-state index contributed by atoms with van der Waals surface area (Å²) in [5, 5.41) is 7.91. The van der Waals surface area contributed by atoms with Crippen LogP contribution in [0.4, 0.5) is 0 Å². The van der Waals surface area contributed by atoms with Gasteiger partial charge in [0.2, 0.25) is 0 Å². The number of carboxylic acids is 1. The fourth-order valence-corrected chi connectivity index (χ4v) is 4.03. The molecule has 1 unspecified atom stereocenters. The summed E-state index contributed by atoms with van der Waals surface area (Å²) in [6, 6.07) is 15.5. The van der Waals surface area contributed by atoms with Crippen LogP contribution in [-0.4, -0.2) is 31.4 Å². The molecule has 0 radical (unpaired) electrons. The molecule has 0 aliphatic heterocycles. The largest absolute Gasteiger partial charge is 0.494 e. The van der Waals surface area contributed by atoms with E-state index in [4.69, 9.17) is 4.74 Å². The van der Waals surface area contributed by atoms with Gasteiger partial charge in [0.1, 0.15) is 5.75 Å². The van der Waals surface area contributed by atoms with Crippen LogP contribution in [0.15, 0.2) is 59.5 Å². The van der Waals surface area contributed by atoms with E-state index in [-0.39, 0.29) is 11.3 Å². The van der Waals surface area contributed by atoms with Gasteiger partial charge in [-0.3, -0.25) is 4.79 Å². The van der Waals surface area contributed by atoms with Crippen LogP contribution in [0.25, 0.3) is 0 Å². The summed E-state index contributed by atoms with van der Waals surface area (Å²) >= 11 is 0. The Morgan fingerprint density at radius 3 is 2.28 bits per heavy atom. The predicted octanol–water partition coefficient (Wildman–Crippen LogP) is 3.47. The third-order valence-corrected chi connectivity index (χ3v) is 5.99. The fourth-order valence-electron chi connectivity index (χ4n) is 2.44. The van der Waals surface area contributed by atoms with E-state index in [0.29, 0.717) is 19.4 Å². The Morgan fingerprint density at radius 2 is 1.68 bits per heavy atom. The molecule has 0 saturated heterocycles. The van der Waals surface area contributed by atoms with E-state index in [9.17, 15) is 18.3 Å². The molecule has 0 aliphatic carbocycles. The highest BCUT2D eigenvalue weighted by molar-refractivity contribution is 7.92. The van der Waals surface area contributed by atoms with E-state index in [1.54, 1.807) is 12.1 Å². The first-order valence-electron chi connectivity index (χ1n) is 8.12. The van der Waals surface area contributed by atoms with Crippen molar-refractivity contribution >= 4 is 15.8 Å². The second kappa shape index (κ2) is 8.67. The molecule has 0 bridgehead atoms. The van der Waals surface area contributed by atoms with Crippen LogP contribution in [0, 0.1) is 6.92 Å². The average molecular weight is 362 g/mol. The average Bonchev–Trinajstić information content (AvgIpc) is 2.58. The van der Waals surface area contributed by atoms with Gasteiger partial charge >= 0.3 is 5.97 Å². The van der Waals surface area contributed by atoms with Crippen LogP contribution in [-0.2, 0) is 14.6 Å². The molecule has 2 aromatic carbocycles. The van der Waals surface area contributed by atoms with Crippen molar-refractivity contribution in [3.05, 3.63) is 60.2 Å². The first kappa shape index (κ1) is 19.0. The minimum Gasteiger partial charge on any atom is -0.494 e. The number of hydrogen-bond acceptors (Lipinski definition) is 4. The normalized spacial score (nSPS) is 12.5. The summed E-state index contributed by atoms with van der Waals surface area (Å²) in [7, 11) is -3.90. The van der Waals surface area contributed by atoms with Crippen molar-refractivity contribution in [1.29, 1.82) is 0 Å². The third-order valence-electron chi connectivity index (χ3n) is 3.87. The number of carboxylic acid groups (broad SMARTS) is 1. The summed E-state index contributed by atoms with van der Waals surface area (Å²) < 4.78 is 30.7. The fraction of sp³-hybridized carbons (Fsp3) is 0.316. The van der Waals surface area contributed by atoms with Gasteiger partial charge in [0.05, 0.1) is 11.5 Å². The Bertz CT molecular complexity index is 782. The zero-order chi connectivity index (χ0) is 18.3. The molecule has 0 fully saturated rings. The number of para-hydroxylation sites is 1. The molecule has 1 N–H and O–H groups in total. The van der Waals surface area contributed by atoms with Crippen LogP contribution in [0.2, 0.25) is 0 Å². The van der Waals surface area contributed by atoms with Crippen molar-refractivity contribution in [1.82, 2.24) is 0 Å². The number of rotatable bonds is 9. The Kier molecular flexibility index (Phi) is 6.58. The van der Waals surface area contributed by atoms with Crippen molar-refractivity contribution in [3.63, 3.8) is 0 Å². The SMILES string of the molecule is Cc1ccc(S(=O)(=O)C(CCCCOc2ccccc2)C(=O)O)cc1. The molecule has 5 nitrogen and oxygen atoms in total. The van der Waals surface area contributed by atoms with E-state index in [1.807, 2.05) is 37.3 Å². The molecule has 25 heavy (non-hydrogen) atoms. The number of aryl methyl sites for hydroxylation is 1. The van der Waals surface area contributed by atoms with E-state index < -0.39 is 21.1 Å². The molecule has 2 aromatic rings. The second-order valence-electron chi connectivity index (χ2n) is 5.84. The van der Waals surface area contributed by atoms with Gasteiger partial charge in [-0.25, -0.2) is 8.42 Å². The molecule has 0 aromatic heterocycles. The number of aliphatic carboxylic acids is 1. The Hall–Kier alpha value is -2.34. The number of benzene rings is 2. The van der Waals surface area contributed by atoms with Gasteiger partial charge in [-0.2, -0.15) is 0 Å². The van der Waals surface area contributed by atoms with E-state index >= 15 is 0 Å². The summed E-state index contributed by atoms with van der Waals surface area (Å²) in [5.41, 5.74) is 0.920. The lowest BCUT2D eigenvalue weighted by atomic mass is 10.2. The highest BCUT2D eigenvalue weighted by Crippen LogP contribution is 2.21. The molecular weight excluding hydrogens is 340 g/mol. The highest BCUT2D eigenvalue weighted by Gasteiger charge is 2.33. The molecular formula is C19H22O5S. The number of sulfone groups is 1. The number of carbonyl (C=O) groups is 1. The van der Waals surface area contributed by atoms with Gasteiger partial charge < -0.3 is 9.84 Å². The minimum atomic E-state index is -3.90. The van der Waals surface area contributed by atoms with Gasteiger partial charge in [0.15, 0.2) is 15.1 Å². The molecule has 0 saturated carbocycles. The highest BCUT2D eigenvalue weighted by atomic mass is 32.2. The van der Waals surface area contributed by atoms with E-state index in [2.05, 4.69) is 0 Å². The number of ether oxygens (including phenoxy) is 1. The maximum atomic E-state index is 12.6. The van der Waals surface area contributed by atoms with Crippen molar-refractivity contribution < 1.29 is 23.1 Å². The monoisotopic (exact) mass is 362 g/mol. The summed E-state index contributed by atoms with van der Waals surface area (Å²) in [5.74, 6) is -0.575. The minimum absolute atomic E-state index is 0.0473. The maximum absolute atomic E-state index is 12.6. The molecule has 0 spiro atoms. The quantitative estimate of drug-likeness (QED) is 0.691. The zero-order valence-electron chi connectivity index (χ0n) is 14.1. The van der Waals surface area contributed by atoms with Gasteiger partial charge in [0, 0.05) is 0 Å². The van der Waals surface area contributed by atoms with E-state index in [1.165, 1.54) is 12.1 Å². The van der Waals surface area contributed by atoms with E-state index in [0.717, 1.165) is 11.3 Å². The van der Waals surface area contributed by atoms with Gasteiger partial charge in [0.25, 0.3) is 0 Å². The smallest absolute Gasteiger partial charge is 0.322 e. The first-order chi connectivity index (χ1) is 11.9. The van der Waals surface area contributed by atoms with Gasteiger partial charge in [-0.05, 0) is 50.5 Å². The second-order valence-corrected chi connectivity index (χ2v) is 7.97. The lowest BCUT2D eigenvalue weighted by Crippen LogP contribution is -2.30. The molecule has 0 amide bonds. The Morgan fingerprint density at radius 1 is 1.04 bits per heavy atom. The lowest BCUT2D eigenvalue weighted by molar-refractivity contribution is -0.136. The number of hydrogen-bond donors (Lipinski definition) is 1. The summed E-state index contributed by atoms with van der Waals surface area (Å²) in [6.07, 6.45) is 1.10. The Labute approximate surface area is 148 Å². The molecule has 134 valence electrons. The van der Waals surface area contributed by atoms with Gasteiger partial charge in [-0.1, -0.05) is 35.9 Å². The maximum Gasteiger partial charge on any atom is 0.322 e. The van der Waals surface area contributed by atoms with Crippen LogP contribution < -0.4 is 4.74 Å². The summed E-state index contributed by atoms with van der Waals surface area (Å²) in [4.78, 5) is 11.5. The molecule has 6 heteroatoms. The van der Waals surface area contributed by atoms with Crippen molar-refractivity contribution in [2.45, 2.75) is 36.3 Å². The first-order valence-corrected chi connectivity index (χ1v) is 9.67. The molecule has 0 heterocycles. The topological polar surface area (TPSA) is 80.7 Å². The van der Waals surface area contributed by atoms with Gasteiger partial charge in [-0.15, -0.1) is 0 Å². The summed E-state index contributed by atoms with van der Waals surface area (Å²) in [6.45, 7) is 2.26. The molecule has 2 rings (SSSR count). The third kappa shape index (κ3) is 5.32. The zero-order valence-corrected chi connectivity index (χ0v) is 14.9. The molecule has 0 aliphatic rings. The lowest BCUT2D eigenvalue weighted by Gasteiger charge is -2.14. The Balaban J connectivity index is 1.92. The van der Waals surface area contributed by atoms with Crippen molar-refractivity contribution in [2.24, 2.45) is 0 Å². The van der Waals surface area contributed by atoms with Crippen LogP contribution in [0.1, 0.15) is 24.8 Å². The van der Waals surface area contributed by atoms with Crippen molar-refractivity contribution in [2.75, 3.05) is 6.61 Å². The predicted molar refractivity (Wildman–Crippen MR) is 95.6 cm³/mol. The standard InChI is InChI=1S/C19H22O5S/c1-15-10-12-17(13-11-15)25(22,23)18(19(20)21)9-5-6-14-24-16-7-3-2-4-8-16/h2-4,7-8,10-13,18H,5-6,9,14H2,1H3,(H,20,21). The van der Waals surface area contributed by atoms with Crippen LogP contribution in [0.3, 0.4) is 0 Å². The van der Waals surface area contributed by atoms with Crippen LogP contribution >= 0.6 is 0 Å². The van der Waals surface area contributed by atoms with Crippen molar-refractivity contribution in [3.8, 4) is 5.75 Å². The number of unbranched alkanes of at least 4 members (excludes halogenated alkanes) is 1. The van der Waals surface area contributed by atoms with Crippen LogP contribution in [0.5, 0.6) is 5.75 Å².